The van der Waals surface area contributed by atoms with E-state index in [4.69, 9.17) is 0 Å². The van der Waals surface area contributed by atoms with Gasteiger partial charge in [0.1, 0.15) is 0 Å². The quantitative estimate of drug-likeness (QED) is 0.372. The minimum absolute atomic E-state index is 0.334. The van der Waals surface area contributed by atoms with E-state index >= 15 is 0 Å². The van der Waals surface area contributed by atoms with E-state index in [9.17, 15) is 0 Å². The van der Waals surface area contributed by atoms with Crippen LogP contribution in [0.1, 0.15) is 53.9 Å². The Morgan fingerprint density at radius 1 is 1.00 bits per heavy atom. The fraction of sp³-hybridized carbons (Fsp3) is 1.00. The fourth-order valence-electron chi connectivity index (χ4n) is 4.57. The van der Waals surface area contributed by atoms with Gasteiger partial charge in [-0.3, -0.25) is 9.80 Å². The van der Waals surface area contributed by atoms with Crippen LogP contribution in [0.4, 0.5) is 0 Å². The second kappa shape index (κ2) is 6.40. The molecule has 23 heavy (non-hydrogen) atoms. The highest BCUT2D eigenvalue weighted by Gasteiger charge is 2.55. The zero-order valence-electron chi connectivity index (χ0n) is 15.9. The molecule has 0 atom stereocenters. The molecule has 0 aliphatic carbocycles. The number of piperidine rings is 1. The Kier molecular flexibility index (Phi) is 5.12. The molecule has 3 rings (SSSR count). The summed E-state index contributed by atoms with van der Waals surface area (Å²) in [4.78, 5) is 8.14. The van der Waals surface area contributed by atoms with Crippen LogP contribution in [0.2, 0.25) is 0 Å². The molecule has 1 spiro atoms. The summed E-state index contributed by atoms with van der Waals surface area (Å²) < 4.78 is 0.334. The Balaban J connectivity index is 1.38. The van der Waals surface area contributed by atoms with Crippen molar-refractivity contribution in [3.05, 3.63) is 0 Å². The van der Waals surface area contributed by atoms with Gasteiger partial charge in [0.15, 0.2) is 0 Å². The van der Waals surface area contributed by atoms with Crippen molar-refractivity contribution in [3.63, 3.8) is 0 Å². The molecule has 0 bridgehead atoms. The van der Waals surface area contributed by atoms with E-state index in [0.29, 0.717) is 14.4 Å². The van der Waals surface area contributed by atoms with Crippen LogP contribution in [0, 0.1) is 10.8 Å². The van der Waals surface area contributed by atoms with Gasteiger partial charge in [-0.05, 0) is 51.6 Å². The molecule has 0 amide bonds. The van der Waals surface area contributed by atoms with E-state index in [2.05, 4.69) is 71.9 Å². The van der Waals surface area contributed by atoms with Gasteiger partial charge in [-0.1, -0.05) is 43.4 Å². The van der Waals surface area contributed by atoms with E-state index in [-0.39, 0.29) is 0 Å². The maximum absolute atomic E-state index is 2.79. The van der Waals surface area contributed by atoms with Crippen LogP contribution < -0.4 is 0 Å². The van der Waals surface area contributed by atoms with Crippen LogP contribution in [-0.4, -0.2) is 70.1 Å². The molecule has 0 N–H and O–H groups in total. The van der Waals surface area contributed by atoms with Gasteiger partial charge in [0.2, 0.25) is 0 Å². The lowest BCUT2D eigenvalue weighted by Gasteiger charge is -2.65. The van der Waals surface area contributed by atoms with Crippen LogP contribution >= 0.6 is 22.6 Å². The van der Waals surface area contributed by atoms with Crippen molar-refractivity contribution in [1.29, 1.82) is 0 Å². The molecule has 0 saturated carbocycles. The van der Waals surface area contributed by atoms with E-state index in [0.717, 1.165) is 6.04 Å². The molecular weight excluding hydrogens is 397 g/mol. The standard InChI is InChI=1S/C19H36IN3/c1-6-17(2,3)11-21-9-7-16(8-10-21)22-12-19(13-22)14-23(15-19)18(4,5)20/h16H,6-15H2,1-5H3. The SMILES string of the molecule is CCC(C)(C)CN1CCC(N2CC3(C2)CN(C(C)(C)I)C3)CC1. The summed E-state index contributed by atoms with van der Waals surface area (Å²) in [5, 5.41) is 0. The monoisotopic (exact) mass is 433 g/mol. The van der Waals surface area contributed by atoms with E-state index in [1.807, 2.05) is 0 Å². The van der Waals surface area contributed by atoms with Crippen molar-refractivity contribution < 1.29 is 0 Å². The van der Waals surface area contributed by atoms with Crippen molar-refractivity contribution in [1.82, 2.24) is 14.7 Å². The van der Waals surface area contributed by atoms with E-state index in [1.165, 1.54) is 65.1 Å². The van der Waals surface area contributed by atoms with E-state index < -0.39 is 0 Å². The molecular formula is C19H36IN3. The number of hydrogen-bond donors (Lipinski definition) is 0. The molecule has 0 aromatic carbocycles. The molecule has 0 aromatic heterocycles. The smallest absolute Gasteiger partial charge is 0.0673 e. The molecule has 4 heteroatoms. The minimum Gasteiger partial charge on any atom is -0.303 e. The lowest BCUT2D eigenvalue weighted by atomic mass is 9.71. The summed E-state index contributed by atoms with van der Waals surface area (Å²) in [6.45, 7) is 21.1. The summed E-state index contributed by atoms with van der Waals surface area (Å²) >= 11 is 2.58. The molecule has 3 nitrogen and oxygen atoms in total. The number of halogens is 1. The summed E-state index contributed by atoms with van der Waals surface area (Å²) in [6.07, 6.45) is 4.06. The molecule has 134 valence electrons. The predicted molar refractivity (Wildman–Crippen MR) is 107 cm³/mol. The van der Waals surface area contributed by atoms with Crippen molar-refractivity contribution in [3.8, 4) is 0 Å². The molecule has 3 saturated heterocycles. The molecule has 3 aliphatic heterocycles. The third kappa shape index (κ3) is 4.06. The van der Waals surface area contributed by atoms with Crippen LogP contribution in [0.5, 0.6) is 0 Å². The second-order valence-corrected chi connectivity index (χ2v) is 12.3. The Morgan fingerprint density at radius 2 is 1.57 bits per heavy atom. The Bertz CT molecular complexity index is 407. The number of nitrogens with zero attached hydrogens (tertiary/aromatic N) is 3. The third-order valence-electron chi connectivity index (χ3n) is 6.56. The molecule has 3 fully saturated rings. The number of hydrogen-bond acceptors (Lipinski definition) is 3. The van der Waals surface area contributed by atoms with Gasteiger partial charge >= 0.3 is 0 Å². The van der Waals surface area contributed by atoms with Gasteiger partial charge in [-0.15, -0.1) is 0 Å². The first-order valence-electron chi connectivity index (χ1n) is 9.53. The Hall–Kier alpha value is 0.610. The molecule has 0 aromatic rings. The average molecular weight is 433 g/mol. The summed E-state index contributed by atoms with van der Waals surface area (Å²) in [5.41, 5.74) is 1.14. The van der Waals surface area contributed by atoms with Crippen molar-refractivity contribution >= 4 is 22.6 Å². The van der Waals surface area contributed by atoms with E-state index in [1.54, 1.807) is 0 Å². The normalized spacial score (nSPS) is 27.9. The average Bonchev–Trinajstić information content (AvgIpc) is 2.35. The highest BCUT2D eigenvalue weighted by Crippen LogP contribution is 2.45. The molecule has 0 unspecified atom stereocenters. The molecule has 3 heterocycles. The van der Waals surface area contributed by atoms with Crippen molar-refractivity contribution in [2.24, 2.45) is 10.8 Å². The van der Waals surface area contributed by atoms with Crippen LogP contribution in [0.15, 0.2) is 0 Å². The van der Waals surface area contributed by atoms with Gasteiger partial charge in [0.25, 0.3) is 0 Å². The fourth-order valence-corrected chi connectivity index (χ4v) is 4.91. The first-order chi connectivity index (χ1) is 10.6. The first kappa shape index (κ1) is 18.4. The zero-order chi connectivity index (χ0) is 16.9. The van der Waals surface area contributed by atoms with Gasteiger partial charge in [0.05, 0.1) is 3.55 Å². The first-order valence-corrected chi connectivity index (χ1v) is 10.6. The number of alkyl halides is 1. The maximum atomic E-state index is 2.79. The Morgan fingerprint density at radius 3 is 2.04 bits per heavy atom. The second-order valence-electron chi connectivity index (χ2n) is 9.70. The van der Waals surface area contributed by atoms with Gasteiger partial charge < -0.3 is 4.90 Å². The molecule has 3 aliphatic rings. The van der Waals surface area contributed by atoms with Crippen LogP contribution in [0.25, 0.3) is 0 Å². The van der Waals surface area contributed by atoms with Gasteiger partial charge in [0, 0.05) is 44.2 Å². The van der Waals surface area contributed by atoms with Crippen LogP contribution in [-0.2, 0) is 0 Å². The van der Waals surface area contributed by atoms with Crippen LogP contribution in [0.3, 0.4) is 0 Å². The predicted octanol–water partition coefficient (Wildman–Crippen LogP) is 3.68. The summed E-state index contributed by atoms with van der Waals surface area (Å²) in [7, 11) is 0. The lowest BCUT2D eigenvalue weighted by Crippen LogP contribution is -2.75. The third-order valence-corrected chi connectivity index (χ3v) is 7.25. The maximum Gasteiger partial charge on any atom is 0.0673 e. The number of rotatable bonds is 5. The van der Waals surface area contributed by atoms with Crippen molar-refractivity contribution in [2.75, 3.05) is 45.8 Å². The highest BCUT2D eigenvalue weighted by atomic mass is 127. The highest BCUT2D eigenvalue weighted by molar-refractivity contribution is 14.1. The lowest BCUT2D eigenvalue weighted by molar-refractivity contribution is -0.147. The van der Waals surface area contributed by atoms with Gasteiger partial charge in [-0.2, -0.15) is 0 Å². The minimum atomic E-state index is 0.334. The molecule has 0 radical (unpaired) electrons. The summed E-state index contributed by atoms with van der Waals surface area (Å²) in [6, 6.07) is 0.864. The van der Waals surface area contributed by atoms with Crippen molar-refractivity contribution in [2.45, 2.75) is 63.5 Å². The van der Waals surface area contributed by atoms with Gasteiger partial charge in [-0.25, -0.2) is 0 Å². The summed E-state index contributed by atoms with van der Waals surface area (Å²) in [5.74, 6) is 0. The topological polar surface area (TPSA) is 9.72 Å². The zero-order valence-corrected chi connectivity index (χ0v) is 18.0. The Labute approximate surface area is 157 Å². The largest absolute Gasteiger partial charge is 0.303 e. The number of likely N-dealkylation sites (tertiary alicyclic amines) is 3.